The molecule has 0 amide bonds. The lowest BCUT2D eigenvalue weighted by atomic mass is 10.1. The number of hydrogen-bond donors (Lipinski definition) is 1. The zero-order valence-electron chi connectivity index (χ0n) is 18.0. The highest BCUT2D eigenvalue weighted by Gasteiger charge is 2.24. The van der Waals surface area contributed by atoms with Gasteiger partial charge in [-0.2, -0.15) is 5.10 Å². The van der Waals surface area contributed by atoms with Crippen molar-refractivity contribution in [3.8, 4) is 0 Å². The summed E-state index contributed by atoms with van der Waals surface area (Å²) in [6.07, 6.45) is 5.12. The van der Waals surface area contributed by atoms with Crippen molar-refractivity contribution in [3.63, 3.8) is 0 Å². The monoisotopic (exact) mass is 410 g/mol. The van der Waals surface area contributed by atoms with Gasteiger partial charge in [0.25, 0.3) is 5.69 Å². The van der Waals surface area contributed by atoms with Gasteiger partial charge in [-0.1, -0.05) is 0 Å². The van der Waals surface area contributed by atoms with Crippen molar-refractivity contribution >= 4 is 17.2 Å². The summed E-state index contributed by atoms with van der Waals surface area (Å²) in [5.41, 5.74) is 2.03. The molecule has 158 valence electrons. The lowest BCUT2D eigenvalue weighted by molar-refractivity contribution is -0.384. The van der Waals surface area contributed by atoms with Crippen LogP contribution in [-0.4, -0.2) is 30.0 Å². The Balaban J connectivity index is 1.91. The summed E-state index contributed by atoms with van der Waals surface area (Å²) in [4.78, 5) is 27.9. The molecule has 0 aliphatic heterocycles. The molecule has 0 bridgehead atoms. The van der Waals surface area contributed by atoms with Crippen LogP contribution in [0.4, 0.5) is 11.4 Å². The van der Waals surface area contributed by atoms with Gasteiger partial charge in [0.15, 0.2) is 5.82 Å². The fourth-order valence-electron chi connectivity index (χ4n) is 3.21. The number of nitro groups is 1. The van der Waals surface area contributed by atoms with Gasteiger partial charge in [-0.05, 0) is 46.8 Å². The number of nitro benzene ring substituents is 1. The molecule has 1 N–H and O–H groups in total. The average Bonchev–Trinajstić information content (AvgIpc) is 3.26. The van der Waals surface area contributed by atoms with Crippen LogP contribution in [0.2, 0.25) is 0 Å². The van der Waals surface area contributed by atoms with Crippen LogP contribution >= 0.6 is 0 Å². The molecule has 0 spiro atoms. The molecule has 2 heterocycles. The fourth-order valence-corrected chi connectivity index (χ4v) is 3.21. The maximum Gasteiger partial charge on any atom is 0.293 e. The molecule has 3 rings (SSSR count). The smallest absolute Gasteiger partial charge is 0.293 e. The van der Waals surface area contributed by atoms with E-state index < -0.39 is 4.92 Å². The van der Waals surface area contributed by atoms with E-state index in [9.17, 15) is 14.9 Å². The van der Waals surface area contributed by atoms with E-state index in [0.29, 0.717) is 5.69 Å². The van der Waals surface area contributed by atoms with Crippen LogP contribution in [-0.2, 0) is 12.6 Å². The lowest BCUT2D eigenvalue weighted by Crippen LogP contribution is -2.22. The summed E-state index contributed by atoms with van der Waals surface area (Å²) < 4.78 is 3.47. The molecule has 0 aliphatic carbocycles. The average molecular weight is 410 g/mol. The van der Waals surface area contributed by atoms with Crippen molar-refractivity contribution in [2.24, 2.45) is 7.05 Å². The van der Waals surface area contributed by atoms with Crippen molar-refractivity contribution < 1.29 is 9.72 Å². The van der Waals surface area contributed by atoms with E-state index >= 15 is 0 Å². The van der Waals surface area contributed by atoms with E-state index in [1.807, 2.05) is 24.7 Å². The van der Waals surface area contributed by atoms with Gasteiger partial charge in [-0.15, -0.1) is 0 Å². The number of carbonyl (C=O) groups excluding carboxylic acids is 1. The molecule has 30 heavy (non-hydrogen) atoms. The quantitative estimate of drug-likeness (QED) is 0.374. The number of anilines is 1. The summed E-state index contributed by atoms with van der Waals surface area (Å²) in [5, 5.41) is 19.5. The van der Waals surface area contributed by atoms with E-state index in [1.54, 1.807) is 29.9 Å². The topological polar surface area (TPSA) is 108 Å². The molecule has 1 atom stereocenters. The van der Waals surface area contributed by atoms with Crippen molar-refractivity contribution in [3.05, 3.63) is 69.5 Å². The number of nitrogens with one attached hydrogen (secondary N) is 1. The maximum atomic E-state index is 12.7. The molecule has 0 saturated carbocycles. The third kappa shape index (κ3) is 4.10. The Hall–Kier alpha value is -3.49. The number of aromatic nitrogens is 4. The van der Waals surface area contributed by atoms with E-state index in [1.165, 1.54) is 12.3 Å². The van der Waals surface area contributed by atoms with Gasteiger partial charge in [-0.25, -0.2) is 4.98 Å². The van der Waals surface area contributed by atoms with Gasteiger partial charge in [0.1, 0.15) is 5.69 Å². The first-order chi connectivity index (χ1) is 14.0. The van der Waals surface area contributed by atoms with E-state index in [4.69, 9.17) is 0 Å². The summed E-state index contributed by atoms with van der Waals surface area (Å²) in [7, 11) is 1.70. The Kier molecular flexibility index (Phi) is 5.47. The highest BCUT2D eigenvalue weighted by Crippen LogP contribution is 2.31. The summed E-state index contributed by atoms with van der Waals surface area (Å²) in [5.74, 6) is -0.143. The van der Waals surface area contributed by atoms with E-state index in [2.05, 4.69) is 36.2 Å². The van der Waals surface area contributed by atoms with Crippen LogP contribution < -0.4 is 5.32 Å². The van der Waals surface area contributed by atoms with Crippen LogP contribution in [0.3, 0.4) is 0 Å². The molecule has 1 aromatic carbocycles. The van der Waals surface area contributed by atoms with E-state index in [-0.39, 0.29) is 34.4 Å². The molecule has 9 nitrogen and oxygen atoms in total. The highest BCUT2D eigenvalue weighted by atomic mass is 16.6. The van der Waals surface area contributed by atoms with Crippen LogP contribution in [0.5, 0.6) is 0 Å². The number of benzene rings is 1. The predicted molar refractivity (Wildman–Crippen MR) is 114 cm³/mol. The van der Waals surface area contributed by atoms with Crippen molar-refractivity contribution in [2.45, 2.75) is 46.2 Å². The van der Waals surface area contributed by atoms with Gasteiger partial charge in [-0.3, -0.25) is 19.6 Å². The normalized spacial score (nSPS) is 12.6. The molecular weight excluding hydrogens is 384 g/mol. The molecule has 2 aromatic heterocycles. The zero-order valence-corrected chi connectivity index (χ0v) is 18.0. The minimum Gasteiger partial charge on any atom is -0.373 e. The number of aryl methyl sites for hydroxylation is 2. The molecule has 1 unspecified atom stereocenters. The van der Waals surface area contributed by atoms with Crippen LogP contribution in [0, 0.1) is 17.0 Å². The second kappa shape index (κ2) is 7.74. The van der Waals surface area contributed by atoms with Gasteiger partial charge in [0.05, 0.1) is 22.2 Å². The van der Waals surface area contributed by atoms with Crippen molar-refractivity contribution in [2.75, 3.05) is 5.32 Å². The van der Waals surface area contributed by atoms with Crippen LogP contribution in [0.25, 0.3) is 0 Å². The number of ketones is 1. The first-order valence-electron chi connectivity index (χ1n) is 9.62. The van der Waals surface area contributed by atoms with Crippen molar-refractivity contribution in [1.29, 1.82) is 0 Å². The Bertz CT molecular complexity index is 1110. The maximum absolute atomic E-state index is 12.7. The van der Waals surface area contributed by atoms with Crippen molar-refractivity contribution in [1.82, 2.24) is 19.3 Å². The highest BCUT2D eigenvalue weighted by molar-refractivity contribution is 6.07. The molecule has 0 aliphatic rings. The summed E-state index contributed by atoms with van der Waals surface area (Å²) >= 11 is 0. The number of imidazole rings is 1. The molecule has 0 fully saturated rings. The Morgan fingerprint density at radius 3 is 2.53 bits per heavy atom. The number of hydrogen-bond acceptors (Lipinski definition) is 6. The minimum atomic E-state index is -0.490. The third-order valence-electron chi connectivity index (χ3n) is 4.94. The molecule has 0 radical (unpaired) electrons. The van der Waals surface area contributed by atoms with Gasteiger partial charge >= 0.3 is 0 Å². The molecular formula is C21H26N6O3. The second-order valence-corrected chi connectivity index (χ2v) is 8.33. The van der Waals surface area contributed by atoms with Gasteiger partial charge in [0.2, 0.25) is 5.78 Å². The van der Waals surface area contributed by atoms with Gasteiger partial charge < -0.3 is 9.88 Å². The predicted octanol–water partition coefficient (Wildman–Crippen LogP) is 3.99. The number of rotatable bonds is 6. The number of carbonyl (C=O) groups is 1. The lowest BCUT2D eigenvalue weighted by Gasteiger charge is -2.19. The summed E-state index contributed by atoms with van der Waals surface area (Å²) in [6.45, 7) is 10.0. The summed E-state index contributed by atoms with van der Waals surface area (Å²) in [6, 6.07) is 4.21. The van der Waals surface area contributed by atoms with E-state index in [0.717, 1.165) is 11.3 Å². The third-order valence-corrected chi connectivity index (χ3v) is 4.94. The Morgan fingerprint density at radius 2 is 2.00 bits per heavy atom. The SMILES string of the molecule is Cc1nn(C(C)(C)C)cc1C(C)Nc1ccc(C(=O)c2nccn2C)cc1[N+](=O)[O-]. The van der Waals surface area contributed by atoms with Crippen LogP contribution in [0.15, 0.2) is 36.8 Å². The second-order valence-electron chi connectivity index (χ2n) is 8.33. The van der Waals surface area contributed by atoms with Gasteiger partial charge in [0, 0.05) is 42.8 Å². The largest absolute Gasteiger partial charge is 0.373 e. The zero-order chi connectivity index (χ0) is 22.2. The first kappa shape index (κ1) is 21.2. The van der Waals surface area contributed by atoms with Crippen LogP contribution in [0.1, 0.15) is 61.2 Å². The Labute approximate surface area is 174 Å². The first-order valence-corrected chi connectivity index (χ1v) is 9.62. The molecule has 3 aromatic rings. The molecule has 9 heteroatoms. The fraction of sp³-hybridized carbons (Fsp3) is 0.381. The minimum absolute atomic E-state index is 0.164. The Morgan fingerprint density at radius 1 is 1.30 bits per heavy atom. The molecule has 0 saturated heterocycles. The number of nitrogens with zero attached hydrogens (tertiary/aromatic N) is 5. The standard InChI is InChI=1S/C21H26N6O3/c1-13(16-12-26(21(3,4)5)24-14(16)2)23-17-8-7-15(11-18(17)27(29)30)19(28)20-22-9-10-25(20)6/h7-13,23H,1-6H3.